The quantitative estimate of drug-likeness (QED) is 0.861. The summed E-state index contributed by atoms with van der Waals surface area (Å²) in [5.74, 6) is -0.496. The summed E-state index contributed by atoms with van der Waals surface area (Å²) in [6, 6.07) is 8.78. The van der Waals surface area contributed by atoms with Crippen LogP contribution in [0.5, 0.6) is 0 Å². The molecule has 1 aromatic carbocycles. The van der Waals surface area contributed by atoms with E-state index >= 15 is 0 Å². The minimum atomic E-state index is -0.259. The minimum Gasteiger partial charge on any atom is -0.348 e. The SMILES string of the molecule is O=C(CNC(=O)c1ccccc1)NCc1nccs1. The molecule has 19 heavy (non-hydrogen) atoms. The molecule has 2 N–H and O–H groups in total. The normalized spacial score (nSPS) is 9.89. The lowest BCUT2D eigenvalue weighted by Crippen LogP contribution is -2.36. The molecule has 0 radical (unpaired) electrons. The van der Waals surface area contributed by atoms with E-state index in [1.54, 1.807) is 30.5 Å². The number of carbonyl (C=O) groups is 2. The van der Waals surface area contributed by atoms with E-state index in [0.29, 0.717) is 12.1 Å². The maximum absolute atomic E-state index is 11.7. The fourth-order valence-electron chi connectivity index (χ4n) is 1.43. The Morgan fingerprint density at radius 2 is 1.95 bits per heavy atom. The van der Waals surface area contributed by atoms with Crippen LogP contribution in [0, 0.1) is 0 Å². The van der Waals surface area contributed by atoms with Gasteiger partial charge in [-0.25, -0.2) is 4.98 Å². The predicted molar refractivity (Wildman–Crippen MR) is 72.7 cm³/mol. The van der Waals surface area contributed by atoms with Gasteiger partial charge in [-0.2, -0.15) is 0 Å². The molecule has 0 spiro atoms. The molecule has 0 saturated carbocycles. The first-order valence-electron chi connectivity index (χ1n) is 5.74. The van der Waals surface area contributed by atoms with Crippen LogP contribution in [-0.2, 0) is 11.3 Å². The van der Waals surface area contributed by atoms with Crippen LogP contribution in [-0.4, -0.2) is 23.3 Å². The Morgan fingerprint density at radius 3 is 2.63 bits per heavy atom. The highest BCUT2D eigenvalue weighted by atomic mass is 32.1. The molecule has 0 atom stereocenters. The van der Waals surface area contributed by atoms with Crippen molar-refractivity contribution >= 4 is 23.2 Å². The zero-order valence-electron chi connectivity index (χ0n) is 10.1. The van der Waals surface area contributed by atoms with E-state index < -0.39 is 0 Å². The molecule has 0 aliphatic heterocycles. The van der Waals surface area contributed by atoms with Gasteiger partial charge in [-0.15, -0.1) is 11.3 Å². The number of nitrogens with one attached hydrogen (secondary N) is 2. The van der Waals surface area contributed by atoms with Gasteiger partial charge in [0.2, 0.25) is 5.91 Å². The highest BCUT2D eigenvalue weighted by Gasteiger charge is 2.07. The molecule has 0 bridgehead atoms. The third kappa shape index (κ3) is 4.18. The topological polar surface area (TPSA) is 71.1 Å². The van der Waals surface area contributed by atoms with Crippen molar-refractivity contribution in [2.75, 3.05) is 6.54 Å². The summed E-state index contributed by atoms with van der Waals surface area (Å²) in [5.41, 5.74) is 0.537. The van der Waals surface area contributed by atoms with Gasteiger partial charge in [0.25, 0.3) is 5.91 Å². The molecular formula is C13H13N3O2S. The third-order valence-corrected chi connectivity index (χ3v) is 3.15. The van der Waals surface area contributed by atoms with Crippen molar-refractivity contribution in [3.8, 4) is 0 Å². The molecule has 2 rings (SSSR count). The van der Waals surface area contributed by atoms with Crippen LogP contribution in [0.25, 0.3) is 0 Å². The molecule has 0 aliphatic rings. The molecule has 0 saturated heterocycles. The summed E-state index contributed by atoms with van der Waals surface area (Å²) in [4.78, 5) is 27.3. The number of rotatable bonds is 5. The van der Waals surface area contributed by atoms with Crippen LogP contribution in [0.1, 0.15) is 15.4 Å². The average Bonchev–Trinajstić information content (AvgIpc) is 2.96. The first kappa shape index (κ1) is 13.2. The standard InChI is InChI=1S/C13H13N3O2S/c17-11(15-9-12-14-6-7-19-12)8-16-13(18)10-4-2-1-3-5-10/h1-7H,8-9H2,(H,15,17)(H,16,18). The molecule has 1 aromatic heterocycles. The molecule has 2 amide bonds. The number of carbonyl (C=O) groups excluding carboxylic acids is 2. The number of hydrogen-bond donors (Lipinski definition) is 2. The second kappa shape index (κ2) is 6.65. The lowest BCUT2D eigenvalue weighted by Gasteiger charge is -2.05. The number of amides is 2. The van der Waals surface area contributed by atoms with Crippen LogP contribution in [0.15, 0.2) is 41.9 Å². The van der Waals surface area contributed by atoms with Gasteiger partial charge in [0.15, 0.2) is 0 Å². The highest BCUT2D eigenvalue weighted by molar-refractivity contribution is 7.09. The van der Waals surface area contributed by atoms with Crippen molar-refractivity contribution in [3.63, 3.8) is 0 Å². The van der Waals surface area contributed by atoms with Gasteiger partial charge in [0.05, 0.1) is 13.1 Å². The Balaban J connectivity index is 1.73. The van der Waals surface area contributed by atoms with Crippen molar-refractivity contribution in [2.45, 2.75) is 6.54 Å². The van der Waals surface area contributed by atoms with E-state index in [0.717, 1.165) is 5.01 Å². The highest BCUT2D eigenvalue weighted by Crippen LogP contribution is 2.02. The molecular weight excluding hydrogens is 262 g/mol. The van der Waals surface area contributed by atoms with E-state index in [2.05, 4.69) is 15.6 Å². The number of benzene rings is 1. The molecule has 2 aromatic rings. The van der Waals surface area contributed by atoms with Gasteiger partial charge in [0, 0.05) is 17.1 Å². The monoisotopic (exact) mass is 275 g/mol. The van der Waals surface area contributed by atoms with E-state index in [1.807, 2.05) is 11.4 Å². The van der Waals surface area contributed by atoms with E-state index in [4.69, 9.17) is 0 Å². The maximum atomic E-state index is 11.7. The van der Waals surface area contributed by atoms with Crippen LogP contribution in [0.2, 0.25) is 0 Å². The summed E-state index contributed by atoms with van der Waals surface area (Å²) in [7, 11) is 0. The van der Waals surface area contributed by atoms with Gasteiger partial charge < -0.3 is 10.6 Å². The number of hydrogen-bond acceptors (Lipinski definition) is 4. The van der Waals surface area contributed by atoms with Gasteiger partial charge in [-0.05, 0) is 12.1 Å². The fourth-order valence-corrected chi connectivity index (χ4v) is 1.99. The third-order valence-electron chi connectivity index (χ3n) is 2.37. The van der Waals surface area contributed by atoms with Crippen molar-refractivity contribution < 1.29 is 9.59 Å². The zero-order valence-corrected chi connectivity index (χ0v) is 10.9. The number of aromatic nitrogens is 1. The van der Waals surface area contributed by atoms with Gasteiger partial charge in [0.1, 0.15) is 5.01 Å². The molecule has 1 heterocycles. The molecule has 0 unspecified atom stereocenters. The predicted octanol–water partition coefficient (Wildman–Crippen LogP) is 1.19. The summed E-state index contributed by atoms with van der Waals surface area (Å²) in [6.45, 7) is 0.344. The molecule has 6 heteroatoms. The van der Waals surface area contributed by atoms with Gasteiger partial charge in [-0.1, -0.05) is 18.2 Å². The van der Waals surface area contributed by atoms with Gasteiger partial charge in [-0.3, -0.25) is 9.59 Å². The van der Waals surface area contributed by atoms with Crippen molar-refractivity contribution in [1.82, 2.24) is 15.6 Å². The Labute approximate surface area is 114 Å². The minimum absolute atomic E-state index is 0.0426. The summed E-state index contributed by atoms with van der Waals surface area (Å²) in [5, 5.41) is 7.93. The van der Waals surface area contributed by atoms with Crippen molar-refractivity contribution in [2.24, 2.45) is 0 Å². The van der Waals surface area contributed by atoms with Crippen LogP contribution in [0.3, 0.4) is 0 Å². The van der Waals surface area contributed by atoms with Crippen LogP contribution < -0.4 is 10.6 Å². The lowest BCUT2D eigenvalue weighted by molar-refractivity contribution is -0.120. The first-order chi connectivity index (χ1) is 9.25. The number of nitrogens with zero attached hydrogens (tertiary/aromatic N) is 1. The van der Waals surface area contributed by atoms with Gasteiger partial charge >= 0.3 is 0 Å². The summed E-state index contributed by atoms with van der Waals surface area (Å²) < 4.78 is 0. The Kier molecular flexibility index (Phi) is 4.63. The second-order valence-corrected chi connectivity index (χ2v) is 4.73. The maximum Gasteiger partial charge on any atom is 0.251 e. The van der Waals surface area contributed by atoms with Crippen molar-refractivity contribution in [3.05, 3.63) is 52.5 Å². The smallest absolute Gasteiger partial charge is 0.251 e. The largest absolute Gasteiger partial charge is 0.348 e. The summed E-state index contributed by atoms with van der Waals surface area (Å²) >= 11 is 1.47. The van der Waals surface area contributed by atoms with Crippen LogP contribution >= 0.6 is 11.3 Å². The first-order valence-corrected chi connectivity index (χ1v) is 6.62. The Morgan fingerprint density at radius 1 is 1.16 bits per heavy atom. The summed E-state index contributed by atoms with van der Waals surface area (Å²) in [6.07, 6.45) is 1.68. The Bertz CT molecular complexity index is 540. The van der Waals surface area contributed by atoms with E-state index in [1.165, 1.54) is 11.3 Å². The van der Waals surface area contributed by atoms with E-state index in [9.17, 15) is 9.59 Å². The van der Waals surface area contributed by atoms with E-state index in [-0.39, 0.29) is 18.4 Å². The molecule has 98 valence electrons. The van der Waals surface area contributed by atoms with Crippen LogP contribution in [0.4, 0.5) is 0 Å². The lowest BCUT2D eigenvalue weighted by atomic mass is 10.2. The second-order valence-electron chi connectivity index (χ2n) is 3.75. The molecule has 0 aliphatic carbocycles. The fraction of sp³-hybridized carbons (Fsp3) is 0.154. The average molecular weight is 275 g/mol. The van der Waals surface area contributed by atoms with Crippen molar-refractivity contribution in [1.29, 1.82) is 0 Å². The molecule has 0 fully saturated rings. The number of thiazole rings is 1. The Hall–Kier alpha value is -2.21. The zero-order chi connectivity index (χ0) is 13.5. The molecule has 5 nitrogen and oxygen atoms in total.